The first kappa shape index (κ1) is 8.33. The van der Waals surface area contributed by atoms with Gasteiger partial charge in [0.1, 0.15) is 0 Å². The van der Waals surface area contributed by atoms with Gasteiger partial charge in [-0.1, -0.05) is 12.1 Å². The quantitative estimate of drug-likeness (QED) is 0.532. The Bertz CT molecular complexity index is 256. The molecule has 0 aliphatic carbocycles. The van der Waals surface area contributed by atoms with Crippen molar-refractivity contribution in [3.05, 3.63) is 23.8 Å². The van der Waals surface area contributed by atoms with Crippen LogP contribution in [0.3, 0.4) is 0 Å². The number of hydrogen-bond donors (Lipinski definition) is 0. The van der Waals surface area contributed by atoms with E-state index in [-0.39, 0.29) is 0 Å². The molecule has 60 valence electrons. The van der Waals surface area contributed by atoms with Crippen molar-refractivity contribution >= 4 is 21.1 Å². The van der Waals surface area contributed by atoms with E-state index >= 15 is 0 Å². The third-order valence-corrected chi connectivity index (χ3v) is 2.69. The van der Waals surface area contributed by atoms with Crippen LogP contribution < -0.4 is 10.1 Å². The molecule has 0 N–H and O–H groups in total. The van der Waals surface area contributed by atoms with Gasteiger partial charge in [0.25, 0.3) is 0 Å². The summed E-state index contributed by atoms with van der Waals surface area (Å²) in [5.41, 5.74) is 2.71. The molecule has 1 nitrogen and oxygen atoms in total. The third kappa shape index (κ3) is 1.83. The van der Waals surface area contributed by atoms with E-state index in [9.17, 15) is 0 Å². The fourth-order valence-electron chi connectivity index (χ4n) is 1.20. The number of rotatable bonds is 1. The lowest BCUT2D eigenvalue weighted by molar-refractivity contribution is 1.13. The number of hydrogen-bond acceptors (Lipinski definition) is 1. The van der Waals surface area contributed by atoms with Crippen LogP contribution in [0.1, 0.15) is 5.56 Å². The SMILES string of the molecule is Cc1ccc([SiH3])c(N(C)C)c1. The smallest absolute Gasteiger partial charge is 0.0412 e. The van der Waals surface area contributed by atoms with E-state index in [2.05, 4.69) is 44.1 Å². The first-order chi connectivity index (χ1) is 5.11. The first-order valence-corrected chi connectivity index (χ1v) is 4.86. The molecule has 11 heavy (non-hydrogen) atoms. The van der Waals surface area contributed by atoms with E-state index in [1.807, 2.05) is 0 Å². The van der Waals surface area contributed by atoms with E-state index in [0.29, 0.717) is 0 Å². The van der Waals surface area contributed by atoms with Crippen LogP contribution in [0.25, 0.3) is 0 Å². The van der Waals surface area contributed by atoms with Gasteiger partial charge in [-0.3, -0.25) is 0 Å². The van der Waals surface area contributed by atoms with E-state index in [1.54, 1.807) is 0 Å². The molecule has 0 aromatic heterocycles. The molecule has 0 bridgehead atoms. The lowest BCUT2D eigenvalue weighted by atomic mass is 10.2. The van der Waals surface area contributed by atoms with Gasteiger partial charge in [-0.25, -0.2) is 0 Å². The summed E-state index contributed by atoms with van der Waals surface area (Å²) in [5.74, 6) is 0. The molecular formula is C9H15NSi. The van der Waals surface area contributed by atoms with Crippen molar-refractivity contribution in [2.75, 3.05) is 19.0 Å². The Labute approximate surface area is 71.5 Å². The van der Waals surface area contributed by atoms with E-state index in [0.717, 1.165) is 10.2 Å². The Kier molecular flexibility index (Phi) is 2.34. The Morgan fingerprint density at radius 1 is 1.27 bits per heavy atom. The Morgan fingerprint density at radius 3 is 2.36 bits per heavy atom. The van der Waals surface area contributed by atoms with E-state index in [1.165, 1.54) is 16.4 Å². The highest BCUT2D eigenvalue weighted by atomic mass is 28.1. The van der Waals surface area contributed by atoms with Gasteiger partial charge >= 0.3 is 0 Å². The van der Waals surface area contributed by atoms with Gasteiger partial charge in [0.2, 0.25) is 0 Å². The second kappa shape index (κ2) is 3.09. The molecule has 0 aliphatic rings. The third-order valence-electron chi connectivity index (χ3n) is 1.85. The Balaban J connectivity index is 3.13. The van der Waals surface area contributed by atoms with Gasteiger partial charge < -0.3 is 4.90 Å². The molecule has 0 saturated heterocycles. The second-order valence-corrected chi connectivity index (χ2v) is 4.26. The molecule has 2 heteroatoms. The number of benzene rings is 1. The normalized spacial score (nSPS) is 10.1. The number of aryl methyl sites for hydroxylation is 1. The van der Waals surface area contributed by atoms with Crippen LogP contribution in [0.4, 0.5) is 5.69 Å². The van der Waals surface area contributed by atoms with Crippen molar-refractivity contribution in [1.29, 1.82) is 0 Å². The van der Waals surface area contributed by atoms with Gasteiger partial charge in [-0.05, 0) is 23.7 Å². The fourth-order valence-corrected chi connectivity index (χ4v) is 1.96. The zero-order chi connectivity index (χ0) is 8.43. The average molecular weight is 165 g/mol. The van der Waals surface area contributed by atoms with Gasteiger partial charge in [0.15, 0.2) is 0 Å². The minimum Gasteiger partial charge on any atom is -0.378 e. The molecule has 0 heterocycles. The summed E-state index contributed by atoms with van der Waals surface area (Å²) < 4.78 is 0. The molecule has 0 atom stereocenters. The molecule has 0 amide bonds. The first-order valence-electron chi connectivity index (χ1n) is 3.86. The summed E-state index contributed by atoms with van der Waals surface area (Å²) in [7, 11) is 5.32. The Morgan fingerprint density at radius 2 is 1.91 bits per heavy atom. The van der Waals surface area contributed by atoms with Crippen LogP contribution in [0, 0.1) is 6.92 Å². The minimum atomic E-state index is 1.13. The van der Waals surface area contributed by atoms with Gasteiger partial charge in [-0.2, -0.15) is 0 Å². The summed E-state index contributed by atoms with van der Waals surface area (Å²) >= 11 is 0. The van der Waals surface area contributed by atoms with Crippen LogP contribution in [0.5, 0.6) is 0 Å². The highest BCUT2D eigenvalue weighted by Crippen LogP contribution is 2.08. The van der Waals surface area contributed by atoms with Crippen molar-refractivity contribution in [3.63, 3.8) is 0 Å². The lowest BCUT2D eigenvalue weighted by Crippen LogP contribution is -2.19. The molecule has 1 aromatic rings. The molecule has 1 rings (SSSR count). The second-order valence-electron chi connectivity index (χ2n) is 3.18. The molecule has 0 radical (unpaired) electrons. The lowest BCUT2D eigenvalue weighted by Gasteiger charge is -2.15. The monoisotopic (exact) mass is 165 g/mol. The summed E-state index contributed by atoms with van der Waals surface area (Å²) in [4.78, 5) is 2.18. The zero-order valence-electron chi connectivity index (χ0n) is 7.68. The van der Waals surface area contributed by atoms with Crippen molar-refractivity contribution in [2.45, 2.75) is 6.92 Å². The van der Waals surface area contributed by atoms with E-state index < -0.39 is 0 Å². The predicted octanol–water partition coefficient (Wildman–Crippen LogP) is 0.0517. The summed E-state index contributed by atoms with van der Waals surface area (Å²) in [6.07, 6.45) is 0. The maximum Gasteiger partial charge on any atom is 0.0412 e. The highest BCUT2D eigenvalue weighted by Gasteiger charge is 1.98. The topological polar surface area (TPSA) is 3.24 Å². The molecule has 0 saturated carbocycles. The van der Waals surface area contributed by atoms with Gasteiger partial charge in [-0.15, -0.1) is 0 Å². The van der Waals surface area contributed by atoms with Gasteiger partial charge in [0, 0.05) is 30.0 Å². The molecular weight excluding hydrogens is 150 g/mol. The maximum atomic E-state index is 2.24. The van der Waals surface area contributed by atoms with Crippen LogP contribution in [0.15, 0.2) is 18.2 Å². The average Bonchev–Trinajstić information content (AvgIpc) is 1.94. The molecule has 0 aliphatic heterocycles. The summed E-state index contributed by atoms with van der Waals surface area (Å²) in [6.45, 7) is 2.13. The number of nitrogens with zero attached hydrogens (tertiary/aromatic N) is 1. The summed E-state index contributed by atoms with van der Waals surface area (Å²) in [6, 6.07) is 6.63. The largest absolute Gasteiger partial charge is 0.378 e. The van der Waals surface area contributed by atoms with Crippen molar-refractivity contribution in [2.24, 2.45) is 0 Å². The van der Waals surface area contributed by atoms with Crippen molar-refractivity contribution < 1.29 is 0 Å². The summed E-state index contributed by atoms with van der Waals surface area (Å²) in [5, 5.41) is 1.47. The Hall–Kier alpha value is -0.763. The number of anilines is 1. The van der Waals surface area contributed by atoms with Crippen LogP contribution in [-0.4, -0.2) is 24.3 Å². The van der Waals surface area contributed by atoms with Crippen LogP contribution in [-0.2, 0) is 0 Å². The molecule has 1 aromatic carbocycles. The van der Waals surface area contributed by atoms with Crippen molar-refractivity contribution in [1.82, 2.24) is 0 Å². The molecule has 0 unspecified atom stereocenters. The standard InChI is InChI=1S/C9H15NSi/c1-7-4-5-9(11)8(6-7)10(2)3/h4-6H,1-3,11H3. The van der Waals surface area contributed by atoms with Crippen LogP contribution >= 0.6 is 0 Å². The highest BCUT2D eigenvalue weighted by molar-refractivity contribution is 6.35. The minimum absolute atomic E-state index is 1.13. The molecule has 0 fully saturated rings. The molecule has 0 spiro atoms. The van der Waals surface area contributed by atoms with Crippen LogP contribution in [0.2, 0.25) is 0 Å². The van der Waals surface area contributed by atoms with E-state index in [4.69, 9.17) is 0 Å². The maximum absolute atomic E-state index is 2.24. The van der Waals surface area contributed by atoms with Crippen molar-refractivity contribution in [3.8, 4) is 0 Å². The fraction of sp³-hybridized carbons (Fsp3) is 0.333. The predicted molar refractivity (Wildman–Crippen MR) is 55.1 cm³/mol. The van der Waals surface area contributed by atoms with Gasteiger partial charge in [0.05, 0.1) is 0 Å². The zero-order valence-corrected chi connectivity index (χ0v) is 9.68.